The third-order valence-corrected chi connectivity index (χ3v) is 6.06. The Labute approximate surface area is 178 Å². The van der Waals surface area contributed by atoms with Gasteiger partial charge in [-0.2, -0.15) is 0 Å². The van der Waals surface area contributed by atoms with Crippen LogP contribution in [0.5, 0.6) is 0 Å². The van der Waals surface area contributed by atoms with E-state index in [0.29, 0.717) is 25.3 Å². The monoisotopic (exact) mass is 409 g/mol. The second kappa shape index (κ2) is 9.25. The van der Waals surface area contributed by atoms with Gasteiger partial charge in [-0.1, -0.05) is 23.8 Å². The van der Waals surface area contributed by atoms with E-state index in [4.69, 9.17) is 9.47 Å². The molecule has 0 bridgehead atoms. The number of aryl methyl sites for hydroxylation is 2. The molecule has 0 unspecified atom stereocenters. The van der Waals surface area contributed by atoms with Gasteiger partial charge in [0.25, 0.3) is 5.91 Å². The SMILES string of the molecule is Cc1ccc(C(=O)NC[C@@H]2CC[C@@]3(COCCN(Cc4ncccc4C)C3)O2)cc1. The fraction of sp³-hybridized carbons (Fsp3) is 0.500. The molecule has 0 saturated carbocycles. The second-order valence-electron chi connectivity index (χ2n) is 8.57. The van der Waals surface area contributed by atoms with E-state index in [1.54, 1.807) is 0 Å². The number of nitrogens with zero attached hydrogens (tertiary/aromatic N) is 2. The fourth-order valence-electron chi connectivity index (χ4n) is 4.29. The predicted molar refractivity (Wildman–Crippen MR) is 115 cm³/mol. The lowest BCUT2D eigenvalue weighted by Gasteiger charge is -2.32. The minimum absolute atomic E-state index is 0.0135. The van der Waals surface area contributed by atoms with Gasteiger partial charge >= 0.3 is 0 Å². The van der Waals surface area contributed by atoms with E-state index in [2.05, 4.69) is 28.2 Å². The largest absolute Gasteiger partial charge is 0.377 e. The number of aromatic nitrogens is 1. The molecular formula is C24H31N3O3. The summed E-state index contributed by atoms with van der Waals surface area (Å²) in [5.74, 6) is -0.0519. The summed E-state index contributed by atoms with van der Waals surface area (Å²) in [6.45, 7) is 8.44. The minimum Gasteiger partial charge on any atom is -0.377 e. The maximum atomic E-state index is 12.4. The molecule has 1 amide bonds. The summed E-state index contributed by atoms with van der Waals surface area (Å²) in [5, 5.41) is 3.03. The van der Waals surface area contributed by atoms with Crippen LogP contribution in [-0.4, -0.2) is 60.3 Å². The van der Waals surface area contributed by atoms with Crippen molar-refractivity contribution in [1.82, 2.24) is 15.2 Å². The molecule has 0 radical (unpaired) electrons. The number of hydrogen-bond donors (Lipinski definition) is 1. The van der Waals surface area contributed by atoms with Crippen molar-refractivity contribution in [3.63, 3.8) is 0 Å². The first-order chi connectivity index (χ1) is 14.5. The standard InChI is InChI=1S/C24H31N3O3/c1-18-5-7-20(8-6-18)23(28)26-14-21-9-10-24(30-21)16-27(12-13-29-17-24)15-22-19(2)4-3-11-25-22/h3-8,11,21H,9-10,12-17H2,1-2H3,(H,26,28)/t21-,24+/m0/s1. The first-order valence-electron chi connectivity index (χ1n) is 10.8. The number of amides is 1. The lowest BCUT2D eigenvalue weighted by Crippen LogP contribution is -2.45. The summed E-state index contributed by atoms with van der Waals surface area (Å²) in [6.07, 6.45) is 3.73. The Balaban J connectivity index is 1.33. The summed E-state index contributed by atoms with van der Waals surface area (Å²) in [6, 6.07) is 11.7. The van der Waals surface area contributed by atoms with Gasteiger partial charge < -0.3 is 14.8 Å². The predicted octanol–water partition coefficient (Wildman–Crippen LogP) is 2.88. The number of nitrogens with one attached hydrogen (secondary N) is 1. The molecule has 1 aromatic carbocycles. The third kappa shape index (κ3) is 5.06. The highest BCUT2D eigenvalue weighted by molar-refractivity contribution is 5.94. The lowest BCUT2D eigenvalue weighted by atomic mass is 10.00. The molecule has 160 valence electrons. The first kappa shape index (κ1) is 21.0. The number of ether oxygens (including phenoxy) is 2. The summed E-state index contributed by atoms with van der Waals surface area (Å²) >= 11 is 0. The normalized spacial score (nSPS) is 24.7. The van der Waals surface area contributed by atoms with Crippen molar-refractivity contribution in [2.45, 2.75) is 44.9 Å². The summed E-state index contributed by atoms with van der Waals surface area (Å²) < 4.78 is 12.4. The van der Waals surface area contributed by atoms with E-state index in [0.717, 1.165) is 43.7 Å². The van der Waals surface area contributed by atoms with Crippen molar-refractivity contribution in [3.8, 4) is 0 Å². The van der Waals surface area contributed by atoms with Gasteiger partial charge in [-0.25, -0.2) is 0 Å². The van der Waals surface area contributed by atoms with E-state index in [1.807, 2.05) is 43.5 Å². The van der Waals surface area contributed by atoms with Crippen LogP contribution in [0, 0.1) is 13.8 Å². The van der Waals surface area contributed by atoms with E-state index in [9.17, 15) is 4.79 Å². The number of carbonyl (C=O) groups excluding carboxylic acids is 1. The molecule has 2 atom stereocenters. The molecule has 4 rings (SSSR count). The molecule has 1 aromatic heterocycles. The maximum Gasteiger partial charge on any atom is 0.251 e. The second-order valence-corrected chi connectivity index (χ2v) is 8.57. The van der Waals surface area contributed by atoms with E-state index in [1.165, 1.54) is 5.56 Å². The van der Waals surface area contributed by atoms with Crippen molar-refractivity contribution >= 4 is 5.91 Å². The van der Waals surface area contributed by atoms with Gasteiger partial charge in [-0.3, -0.25) is 14.7 Å². The van der Waals surface area contributed by atoms with E-state index >= 15 is 0 Å². The Kier molecular flexibility index (Phi) is 6.46. The highest BCUT2D eigenvalue weighted by Crippen LogP contribution is 2.33. The zero-order valence-electron chi connectivity index (χ0n) is 17.9. The molecule has 3 heterocycles. The zero-order chi connectivity index (χ0) is 21.0. The average Bonchev–Trinajstić information content (AvgIpc) is 3.03. The molecule has 1 spiro atoms. The van der Waals surface area contributed by atoms with Crippen molar-refractivity contribution in [3.05, 3.63) is 65.0 Å². The van der Waals surface area contributed by atoms with Crippen LogP contribution in [0.3, 0.4) is 0 Å². The molecule has 6 nitrogen and oxygen atoms in total. The van der Waals surface area contributed by atoms with E-state index < -0.39 is 0 Å². The smallest absolute Gasteiger partial charge is 0.251 e. The van der Waals surface area contributed by atoms with Gasteiger partial charge in [0.2, 0.25) is 0 Å². The molecule has 1 N–H and O–H groups in total. The average molecular weight is 410 g/mol. The number of benzene rings is 1. The Morgan fingerprint density at radius 2 is 2.10 bits per heavy atom. The van der Waals surface area contributed by atoms with Crippen LogP contribution in [0.2, 0.25) is 0 Å². The van der Waals surface area contributed by atoms with Crippen molar-refractivity contribution in [1.29, 1.82) is 0 Å². The molecule has 2 aliphatic heterocycles. The quantitative estimate of drug-likeness (QED) is 0.823. The fourth-order valence-corrected chi connectivity index (χ4v) is 4.29. The maximum absolute atomic E-state index is 12.4. The van der Waals surface area contributed by atoms with Crippen LogP contribution >= 0.6 is 0 Å². The van der Waals surface area contributed by atoms with E-state index in [-0.39, 0.29) is 17.6 Å². The topological polar surface area (TPSA) is 63.7 Å². The number of hydrogen-bond acceptors (Lipinski definition) is 5. The summed E-state index contributed by atoms with van der Waals surface area (Å²) in [5.41, 5.74) is 3.84. The van der Waals surface area contributed by atoms with Crippen molar-refractivity contribution in [2.24, 2.45) is 0 Å². The lowest BCUT2D eigenvalue weighted by molar-refractivity contribution is -0.0849. The van der Waals surface area contributed by atoms with Crippen LogP contribution in [-0.2, 0) is 16.0 Å². The summed E-state index contributed by atoms with van der Waals surface area (Å²) in [7, 11) is 0. The van der Waals surface area contributed by atoms with Crippen LogP contribution in [0.1, 0.15) is 40.0 Å². The Morgan fingerprint density at radius 1 is 1.27 bits per heavy atom. The van der Waals surface area contributed by atoms with Crippen molar-refractivity contribution < 1.29 is 14.3 Å². The highest BCUT2D eigenvalue weighted by Gasteiger charge is 2.43. The van der Waals surface area contributed by atoms with Crippen molar-refractivity contribution in [2.75, 3.05) is 32.8 Å². The molecule has 6 heteroatoms. The minimum atomic E-state index is -0.307. The first-order valence-corrected chi connectivity index (χ1v) is 10.8. The molecule has 2 fully saturated rings. The molecule has 2 aliphatic rings. The molecule has 0 aliphatic carbocycles. The number of carbonyl (C=O) groups is 1. The number of pyridine rings is 1. The van der Waals surface area contributed by atoms with Gasteiger partial charge in [0.05, 0.1) is 25.0 Å². The Hall–Kier alpha value is -2.28. The van der Waals surface area contributed by atoms with Gasteiger partial charge in [0.1, 0.15) is 5.60 Å². The third-order valence-electron chi connectivity index (χ3n) is 6.06. The van der Waals surface area contributed by atoms with Gasteiger partial charge in [0, 0.05) is 37.9 Å². The summed E-state index contributed by atoms with van der Waals surface area (Å²) in [4.78, 5) is 19.3. The van der Waals surface area contributed by atoms with Crippen LogP contribution in [0.4, 0.5) is 0 Å². The van der Waals surface area contributed by atoms with Gasteiger partial charge in [-0.05, 0) is 50.5 Å². The molecule has 30 heavy (non-hydrogen) atoms. The molecule has 2 aromatic rings. The van der Waals surface area contributed by atoms with Crippen LogP contribution in [0.25, 0.3) is 0 Å². The molecular weight excluding hydrogens is 378 g/mol. The highest BCUT2D eigenvalue weighted by atomic mass is 16.6. The van der Waals surface area contributed by atoms with Crippen LogP contribution < -0.4 is 5.32 Å². The van der Waals surface area contributed by atoms with Crippen LogP contribution in [0.15, 0.2) is 42.6 Å². The Morgan fingerprint density at radius 3 is 2.90 bits per heavy atom. The molecule has 2 saturated heterocycles. The Bertz CT molecular complexity index is 870. The van der Waals surface area contributed by atoms with Gasteiger partial charge in [-0.15, -0.1) is 0 Å². The van der Waals surface area contributed by atoms with Gasteiger partial charge in [0.15, 0.2) is 0 Å². The number of rotatable bonds is 5. The zero-order valence-corrected chi connectivity index (χ0v) is 17.9.